The van der Waals surface area contributed by atoms with Crippen molar-refractivity contribution in [3.63, 3.8) is 0 Å². The van der Waals surface area contributed by atoms with Crippen molar-refractivity contribution in [2.24, 2.45) is 0 Å². The second kappa shape index (κ2) is 15.6. The monoisotopic (exact) mass is 776 g/mol. The summed E-state index contributed by atoms with van der Waals surface area (Å²) < 4.78 is 0. The fourth-order valence-corrected chi connectivity index (χ4v) is 7.71. The minimum atomic E-state index is -0.250. The lowest BCUT2D eigenvalue weighted by Gasteiger charge is -2.28. The van der Waals surface area contributed by atoms with Crippen LogP contribution < -0.4 is 21.3 Å². The number of carbonyl (C=O) groups excluding carboxylic acids is 2. The number of fused-ring (bicyclic) bond motifs is 2. The van der Waals surface area contributed by atoms with Crippen molar-refractivity contribution in [3.8, 4) is 0 Å². The number of anilines is 8. The molecular formula is C48H48N4O2S2. The van der Waals surface area contributed by atoms with E-state index in [-0.39, 0.29) is 22.4 Å². The molecule has 0 unspecified atom stereocenters. The van der Waals surface area contributed by atoms with Crippen molar-refractivity contribution in [2.45, 2.75) is 62.2 Å². The summed E-state index contributed by atoms with van der Waals surface area (Å²) in [5, 5.41) is 14.0. The number of benzene rings is 6. The lowest BCUT2D eigenvalue weighted by atomic mass is 9.80. The number of hydrogen-bond acceptors (Lipinski definition) is 8. The normalized spacial score (nSPS) is 12.5. The number of nitrogens with one attached hydrogen (secondary N) is 4. The van der Waals surface area contributed by atoms with Gasteiger partial charge >= 0.3 is 0 Å². The first-order valence-electron chi connectivity index (χ1n) is 18.7. The van der Waals surface area contributed by atoms with E-state index in [4.69, 9.17) is 0 Å². The van der Waals surface area contributed by atoms with Crippen LogP contribution in [0.2, 0.25) is 0 Å². The zero-order chi connectivity index (χ0) is 39.8. The van der Waals surface area contributed by atoms with Gasteiger partial charge in [0.2, 0.25) is 0 Å². The molecule has 0 saturated carbocycles. The first-order valence-corrected chi connectivity index (χ1v) is 21.2. The van der Waals surface area contributed by atoms with Gasteiger partial charge in [0, 0.05) is 32.5 Å². The number of carbonyl (C=O) groups is 2. The number of rotatable bonds is 10. The predicted molar refractivity (Wildman–Crippen MR) is 240 cm³/mol. The summed E-state index contributed by atoms with van der Waals surface area (Å²) in [6.45, 7) is 13.1. The Morgan fingerprint density at radius 2 is 0.589 bits per heavy atom. The van der Waals surface area contributed by atoms with Crippen LogP contribution in [0.15, 0.2) is 131 Å². The molecule has 6 aromatic rings. The van der Waals surface area contributed by atoms with Crippen molar-refractivity contribution in [1.82, 2.24) is 0 Å². The molecule has 4 N–H and O–H groups in total. The average molecular weight is 777 g/mol. The van der Waals surface area contributed by atoms with Crippen molar-refractivity contribution < 1.29 is 9.59 Å². The Balaban J connectivity index is 1.39. The lowest BCUT2D eigenvalue weighted by Crippen LogP contribution is -2.25. The van der Waals surface area contributed by atoms with Crippen molar-refractivity contribution in [3.05, 3.63) is 155 Å². The summed E-state index contributed by atoms with van der Waals surface area (Å²) in [4.78, 5) is 32.9. The Morgan fingerprint density at radius 3 is 0.804 bits per heavy atom. The van der Waals surface area contributed by atoms with Crippen LogP contribution >= 0.6 is 23.5 Å². The topological polar surface area (TPSA) is 82.3 Å². The van der Waals surface area contributed by atoms with Crippen LogP contribution in [0.4, 0.5) is 45.5 Å². The highest BCUT2D eigenvalue weighted by atomic mass is 32.2. The highest BCUT2D eigenvalue weighted by Crippen LogP contribution is 2.44. The quantitative estimate of drug-likeness (QED) is 0.102. The molecule has 1 aliphatic rings. The molecule has 0 spiro atoms. The van der Waals surface area contributed by atoms with Crippen LogP contribution in [0, 0.1) is 0 Å². The van der Waals surface area contributed by atoms with Crippen molar-refractivity contribution in [2.75, 3.05) is 33.8 Å². The van der Waals surface area contributed by atoms with Gasteiger partial charge in [-0.15, -0.1) is 23.5 Å². The lowest BCUT2D eigenvalue weighted by molar-refractivity contribution is 0.0981. The van der Waals surface area contributed by atoms with E-state index in [0.717, 1.165) is 32.5 Å². The van der Waals surface area contributed by atoms with E-state index in [9.17, 15) is 0 Å². The van der Waals surface area contributed by atoms with Gasteiger partial charge in [-0.05, 0) is 132 Å². The molecule has 0 bridgehead atoms. The second-order valence-electron chi connectivity index (χ2n) is 16.1. The molecule has 0 heterocycles. The van der Waals surface area contributed by atoms with Crippen LogP contribution in [0.25, 0.3) is 0 Å². The Kier molecular flexibility index (Phi) is 10.8. The predicted octanol–water partition coefficient (Wildman–Crippen LogP) is 13.5. The summed E-state index contributed by atoms with van der Waals surface area (Å²) in [5.74, 6) is -0.500. The molecule has 0 aliphatic heterocycles. The van der Waals surface area contributed by atoms with Gasteiger partial charge in [0.15, 0.2) is 11.6 Å². The van der Waals surface area contributed by atoms with Gasteiger partial charge in [-0.3, -0.25) is 9.59 Å². The maximum absolute atomic E-state index is 15.3. The first kappa shape index (κ1) is 38.8. The van der Waals surface area contributed by atoms with Crippen LogP contribution in [0.5, 0.6) is 0 Å². The Labute approximate surface area is 339 Å². The molecule has 0 atom stereocenters. The van der Waals surface area contributed by atoms with Gasteiger partial charge in [0.1, 0.15) is 0 Å². The van der Waals surface area contributed by atoms with Gasteiger partial charge in [0.25, 0.3) is 0 Å². The third kappa shape index (κ3) is 8.08. The number of hydrogen-bond donors (Lipinski definition) is 4. The van der Waals surface area contributed by atoms with E-state index >= 15 is 9.59 Å². The highest BCUT2D eigenvalue weighted by Gasteiger charge is 2.38. The number of thioether (sulfide) groups is 2. The van der Waals surface area contributed by atoms with Crippen LogP contribution in [0.1, 0.15) is 84.5 Å². The Hall–Kier alpha value is -5.44. The van der Waals surface area contributed by atoms with Gasteiger partial charge in [-0.2, -0.15) is 0 Å². The summed E-state index contributed by atoms with van der Waals surface area (Å²) in [5.41, 5.74) is 9.16. The molecule has 0 amide bonds. The number of ketones is 2. The SMILES string of the molecule is CSc1ccc(Nc2ccc(Nc3ccc(SC)cc3)c3c2C(=O)c2c(Nc4ccc(C(C)(C)C)cc4)ccc(Nc4ccc(C(C)(C)C)cc4)c2C3=O)cc1. The minimum absolute atomic E-state index is 0.00988. The minimum Gasteiger partial charge on any atom is -0.355 e. The van der Waals surface area contributed by atoms with E-state index in [1.54, 1.807) is 23.5 Å². The molecule has 0 radical (unpaired) electrons. The molecule has 6 aromatic carbocycles. The molecule has 284 valence electrons. The summed E-state index contributed by atoms with van der Waals surface area (Å²) in [6.07, 6.45) is 4.07. The average Bonchev–Trinajstić information content (AvgIpc) is 3.18. The Bertz CT molecular complexity index is 2240. The fourth-order valence-electron chi connectivity index (χ4n) is 6.89. The molecule has 8 heteroatoms. The van der Waals surface area contributed by atoms with E-state index in [2.05, 4.69) is 87.1 Å². The first-order chi connectivity index (χ1) is 26.7. The Morgan fingerprint density at radius 1 is 0.357 bits per heavy atom. The molecule has 56 heavy (non-hydrogen) atoms. The van der Waals surface area contributed by atoms with Gasteiger partial charge in [-0.25, -0.2) is 0 Å². The molecule has 0 fully saturated rings. The van der Waals surface area contributed by atoms with Crippen molar-refractivity contribution in [1.29, 1.82) is 0 Å². The summed E-state index contributed by atoms with van der Waals surface area (Å²) >= 11 is 3.33. The smallest absolute Gasteiger partial charge is 0.198 e. The third-order valence-electron chi connectivity index (χ3n) is 10.1. The standard InChI is InChI=1S/C48H48N4O2S2/c1-47(2,3)29-9-13-31(14-10-29)49-37-25-26-38(50-32-15-11-30(12-16-32)48(4,5)6)42-41(37)45(53)43-39(51-33-17-21-35(55-7)22-18-33)27-28-40(44(43)46(42)54)52-34-19-23-36(56-8)24-20-34/h9-28,49-52H,1-8H3. The van der Waals surface area contributed by atoms with E-state index in [1.165, 1.54) is 11.1 Å². The van der Waals surface area contributed by atoms with Crippen LogP contribution in [-0.2, 0) is 10.8 Å². The maximum Gasteiger partial charge on any atom is 0.198 e. The van der Waals surface area contributed by atoms with E-state index in [1.807, 2.05) is 110 Å². The van der Waals surface area contributed by atoms with Crippen LogP contribution in [0.3, 0.4) is 0 Å². The van der Waals surface area contributed by atoms with Gasteiger partial charge < -0.3 is 21.3 Å². The highest BCUT2D eigenvalue weighted by molar-refractivity contribution is 7.98. The molecular weight excluding hydrogens is 729 g/mol. The fraction of sp³-hybridized carbons (Fsp3) is 0.208. The molecule has 0 aromatic heterocycles. The largest absolute Gasteiger partial charge is 0.355 e. The summed E-state index contributed by atoms with van der Waals surface area (Å²) in [6, 6.07) is 40.1. The van der Waals surface area contributed by atoms with E-state index < -0.39 is 0 Å². The van der Waals surface area contributed by atoms with Crippen LogP contribution in [-0.4, -0.2) is 24.1 Å². The zero-order valence-corrected chi connectivity index (χ0v) is 34.8. The van der Waals surface area contributed by atoms with Gasteiger partial charge in [-0.1, -0.05) is 65.8 Å². The molecule has 7 rings (SSSR count). The van der Waals surface area contributed by atoms with E-state index in [0.29, 0.717) is 45.0 Å². The molecule has 6 nitrogen and oxygen atoms in total. The summed E-state index contributed by atoms with van der Waals surface area (Å²) in [7, 11) is 0. The zero-order valence-electron chi connectivity index (χ0n) is 33.2. The third-order valence-corrected chi connectivity index (χ3v) is 11.6. The molecule has 0 saturated heterocycles. The second-order valence-corrected chi connectivity index (χ2v) is 17.9. The maximum atomic E-state index is 15.3. The molecule has 1 aliphatic carbocycles. The van der Waals surface area contributed by atoms with Crippen molar-refractivity contribution >= 4 is 80.6 Å². The van der Waals surface area contributed by atoms with Gasteiger partial charge in [0.05, 0.1) is 45.0 Å².